The highest BCUT2D eigenvalue weighted by Crippen LogP contribution is 2.28. The number of nitrogens with zero attached hydrogens (tertiary/aromatic N) is 3. The van der Waals surface area contributed by atoms with Crippen LogP contribution < -0.4 is 16.2 Å². The summed E-state index contributed by atoms with van der Waals surface area (Å²) in [5.74, 6) is 0. The van der Waals surface area contributed by atoms with Crippen LogP contribution in [0, 0.1) is 0 Å². The topological polar surface area (TPSA) is 84.4 Å². The molecule has 2 unspecified atom stereocenters. The minimum absolute atomic E-state index is 0.104. The lowest BCUT2D eigenvalue weighted by Gasteiger charge is -2.38. The lowest BCUT2D eigenvalue weighted by atomic mass is 9.99. The van der Waals surface area contributed by atoms with Crippen molar-refractivity contribution in [3.8, 4) is 0 Å². The van der Waals surface area contributed by atoms with Gasteiger partial charge in [0.05, 0.1) is 25.0 Å². The van der Waals surface area contributed by atoms with Crippen molar-refractivity contribution in [1.29, 1.82) is 0 Å². The predicted octanol–water partition coefficient (Wildman–Crippen LogP) is 0.314. The molecule has 0 amide bonds. The van der Waals surface area contributed by atoms with Crippen LogP contribution in [0.1, 0.15) is 19.8 Å². The Bertz CT molecular complexity index is 505. The van der Waals surface area contributed by atoms with Gasteiger partial charge in [0.2, 0.25) is 0 Å². The van der Waals surface area contributed by atoms with Crippen molar-refractivity contribution < 1.29 is 5.11 Å². The Morgan fingerprint density at radius 1 is 1.63 bits per heavy atom. The molecule has 3 N–H and O–H groups in total. The molecule has 6 nitrogen and oxygen atoms in total. The van der Waals surface area contributed by atoms with Gasteiger partial charge in [-0.15, -0.1) is 0 Å². The quantitative estimate of drug-likeness (QED) is 0.833. The largest absolute Gasteiger partial charge is 0.394 e. The fourth-order valence-electron chi connectivity index (χ4n) is 2.48. The second-order valence-corrected chi connectivity index (χ2v) is 5.72. The Morgan fingerprint density at radius 3 is 3.00 bits per heavy atom. The molecule has 1 aliphatic rings. The lowest BCUT2D eigenvalue weighted by Crippen LogP contribution is -2.46. The van der Waals surface area contributed by atoms with Gasteiger partial charge in [-0.1, -0.05) is 0 Å². The first-order valence-corrected chi connectivity index (χ1v) is 7.22. The van der Waals surface area contributed by atoms with E-state index >= 15 is 0 Å². The number of rotatable bonds is 3. The maximum Gasteiger partial charge on any atom is 0.283 e. The molecule has 0 radical (unpaired) electrons. The maximum atomic E-state index is 12.1. The highest BCUT2D eigenvalue weighted by molar-refractivity contribution is 9.10. The van der Waals surface area contributed by atoms with Gasteiger partial charge in [-0.3, -0.25) is 4.79 Å². The Balaban J connectivity index is 2.31. The van der Waals surface area contributed by atoms with Crippen molar-refractivity contribution in [2.75, 3.05) is 18.1 Å². The van der Waals surface area contributed by atoms with Crippen molar-refractivity contribution >= 4 is 21.6 Å². The monoisotopic (exact) mass is 330 g/mol. The van der Waals surface area contributed by atoms with Gasteiger partial charge in [0, 0.05) is 18.6 Å². The van der Waals surface area contributed by atoms with Crippen molar-refractivity contribution in [2.45, 2.75) is 38.4 Å². The third-order valence-electron chi connectivity index (χ3n) is 3.50. The molecule has 1 fully saturated rings. The van der Waals surface area contributed by atoms with Crippen molar-refractivity contribution in [3.05, 3.63) is 21.0 Å². The molecule has 7 heteroatoms. The fourth-order valence-corrected chi connectivity index (χ4v) is 3.01. The smallest absolute Gasteiger partial charge is 0.283 e. The summed E-state index contributed by atoms with van der Waals surface area (Å²) in [6, 6.07) is 0.516. The molecule has 1 saturated heterocycles. The van der Waals surface area contributed by atoms with Gasteiger partial charge in [-0.2, -0.15) is 5.10 Å². The summed E-state index contributed by atoms with van der Waals surface area (Å²) in [4.78, 5) is 14.2. The average molecular weight is 331 g/mol. The van der Waals surface area contributed by atoms with Crippen LogP contribution in [-0.2, 0) is 6.54 Å². The van der Waals surface area contributed by atoms with Crippen LogP contribution >= 0.6 is 15.9 Å². The van der Waals surface area contributed by atoms with E-state index in [2.05, 4.69) is 32.9 Å². The highest BCUT2D eigenvalue weighted by atomic mass is 79.9. The van der Waals surface area contributed by atoms with Crippen LogP contribution in [0.15, 0.2) is 15.5 Å². The summed E-state index contributed by atoms with van der Waals surface area (Å²) in [7, 11) is 0. The first-order chi connectivity index (χ1) is 9.04. The minimum atomic E-state index is -0.214. The number of aliphatic hydroxyl groups is 1. The van der Waals surface area contributed by atoms with Crippen molar-refractivity contribution in [2.24, 2.45) is 5.73 Å². The van der Waals surface area contributed by atoms with E-state index in [0.717, 1.165) is 25.1 Å². The second kappa shape index (κ2) is 6.02. The number of halogens is 1. The van der Waals surface area contributed by atoms with Gasteiger partial charge < -0.3 is 15.7 Å². The number of piperidine rings is 1. The maximum absolute atomic E-state index is 12.1. The van der Waals surface area contributed by atoms with E-state index in [1.54, 1.807) is 6.20 Å². The SMILES string of the molecule is CC1CC(N)CCN1c1cnn(CCO)c(=O)c1Br. The van der Waals surface area contributed by atoms with E-state index < -0.39 is 0 Å². The van der Waals surface area contributed by atoms with E-state index in [1.165, 1.54) is 4.68 Å². The summed E-state index contributed by atoms with van der Waals surface area (Å²) in [5, 5.41) is 13.0. The summed E-state index contributed by atoms with van der Waals surface area (Å²) in [6.45, 7) is 3.03. The van der Waals surface area contributed by atoms with Gasteiger partial charge in [-0.05, 0) is 35.7 Å². The normalized spacial score (nSPS) is 23.7. The van der Waals surface area contributed by atoms with Crippen LogP contribution in [0.3, 0.4) is 0 Å². The zero-order valence-corrected chi connectivity index (χ0v) is 12.5. The first-order valence-electron chi connectivity index (χ1n) is 6.43. The molecule has 106 valence electrons. The third-order valence-corrected chi connectivity index (χ3v) is 4.25. The molecule has 0 bridgehead atoms. The van der Waals surface area contributed by atoms with Gasteiger partial charge >= 0.3 is 0 Å². The van der Waals surface area contributed by atoms with E-state index in [-0.39, 0.29) is 30.8 Å². The number of anilines is 1. The van der Waals surface area contributed by atoms with E-state index in [9.17, 15) is 4.79 Å². The van der Waals surface area contributed by atoms with Crippen LogP contribution in [0.25, 0.3) is 0 Å². The first kappa shape index (κ1) is 14.5. The molecule has 1 aromatic heterocycles. The number of hydrogen-bond donors (Lipinski definition) is 2. The van der Waals surface area contributed by atoms with Crippen LogP contribution in [0.2, 0.25) is 0 Å². The molecule has 1 aliphatic heterocycles. The number of aromatic nitrogens is 2. The molecule has 0 aliphatic carbocycles. The minimum Gasteiger partial charge on any atom is -0.394 e. The van der Waals surface area contributed by atoms with Crippen LogP contribution in [0.4, 0.5) is 5.69 Å². The molecule has 2 atom stereocenters. The molecule has 0 aromatic carbocycles. The Kier molecular flexibility index (Phi) is 4.59. The summed E-state index contributed by atoms with van der Waals surface area (Å²) in [6.07, 6.45) is 3.50. The standard InChI is InChI=1S/C12H19BrN4O2/c1-8-6-9(14)2-3-16(8)10-7-15-17(4-5-18)12(19)11(10)13/h7-9,18H,2-6,14H2,1H3. The van der Waals surface area contributed by atoms with E-state index in [0.29, 0.717) is 4.47 Å². The van der Waals surface area contributed by atoms with E-state index in [4.69, 9.17) is 10.8 Å². The zero-order chi connectivity index (χ0) is 14.0. The Morgan fingerprint density at radius 2 is 2.37 bits per heavy atom. The molecule has 2 rings (SSSR count). The summed E-state index contributed by atoms with van der Waals surface area (Å²) < 4.78 is 1.76. The van der Waals surface area contributed by atoms with Gasteiger partial charge in [-0.25, -0.2) is 4.68 Å². The molecule has 2 heterocycles. The Labute approximate surface area is 120 Å². The van der Waals surface area contributed by atoms with Crippen LogP contribution in [-0.4, -0.2) is 40.1 Å². The second-order valence-electron chi connectivity index (χ2n) is 4.92. The Hall–Kier alpha value is -0.920. The molecular weight excluding hydrogens is 312 g/mol. The number of hydrogen-bond acceptors (Lipinski definition) is 5. The number of aliphatic hydroxyl groups excluding tert-OH is 1. The van der Waals surface area contributed by atoms with Gasteiger partial charge in [0.25, 0.3) is 5.56 Å². The molecule has 19 heavy (non-hydrogen) atoms. The summed E-state index contributed by atoms with van der Waals surface area (Å²) >= 11 is 3.35. The fraction of sp³-hybridized carbons (Fsp3) is 0.667. The van der Waals surface area contributed by atoms with Gasteiger partial charge in [0.1, 0.15) is 4.47 Å². The summed E-state index contributed by atoms with van der Waals surface area (Å²) in [5.41, 5.74) is 6.54. The van der Waals surface area contributed by atoms with Crippen molar-refractivity contribution in [3.63, 3.8) is 0 Å². The van der Waals surface area contributed by atoms with Crippen molar-refractivity contribution in [1.82, 2.24) is 9.78 Å². The zero-order valence-electron chi connectivity index (χ0n) is 10.9. The third kappa shape index (κ3) is 2.98. The molecule has 0 saturated carbocycles. The van der Waals surface area contributed by atoms with E-state index in [1.807, 2.05) is 0 Å². The highest BCUT2D eigenvalue weighted by Gasteiger charge is 2.26. The van der Waals surface area contributed by atoms with Gasteiger partial charge in [0.15, 0.2) is 0 Å². The molecule has 1 aromatic rings. The van der Waals surface area contributed by atoms with Crippen LogP contribution in [0.5, 0.6) is 0 Å². The number of nitrogens with two attached hydrogens (primary N) is 1. The lowest BCUT2D eigenvalue weighted by molar-refractivity contribution is 0.266. The molecular formula is C12H19BrN4O2. The predicted molar refractivity (Wildman–Crippen MR) is 77.3 cm³/mol. The average Bonchev–Trinajstić information content (AvgIpc) is 2.37. The molecule has 0 spiro atoms.